The number of carbonyl (C=O) groups is 1. The van der Waals surface area contributed by atoms with Gasteiger partial charge >= 0.3 is 0 Å². The molecule has 2 aromatic carbocycles. The van der Waals surface area contributed by atoms with Gasteiger partial charge in [0, 0.05) is 17.3 Å². The average Bonchev–Trinajstić information content (AvgIpc) is 3.24. The molecule has 7 nitrogen and oxygen atoms in total. The van der Waals surface area contributed by atoms with Crippen molar-refractivity contribution >= 4 is 27.3 Å². The lowest BCUT2D eigenvalue weighted by atomic mass is 9.86. The lowest BCUT2D eigenvalue weighted by Crippen LogP contribution is -2.51. The summed E-state index contributed by atoms with van der Waals surface area (Å²) in [6.45, 7) is 4.23. The van der Waals surface area contributed by atoms with Gasteiger partial charge in [-0.05, 0) is 79.9 Å². The SMILES string of the molecule is COc1ccc(S(=O)(=O)N2CCc3sccc3[C@@H](CCc3cc(C)cc(C)c3)[C@@H]2C(=O)NO)cc1. The lowest BCUT2D eigenvalue weighted by molar-refractivity contribution is -0.134. The highest BCUT2D eigenvalue weighted by Crippen LogP contribution is 2.39. The number of hydroxylamine groups is 1. The number of aryl methyl sites for hydroxylation is 3. The maximum Gasteiger partial charge on any atom is 0.262 e. The van der Waals surface area contributed by atoms with Gasteiger partial charge in [0.25, 0.3) is 5.91 Å². The molecule has 0 fully saturated rings. The van der Waals surface area contributed by atoms with E-state index in [0.717, 1.165) is 27.1 Å². The molecular formula is C26H30N2O5S2. The van der Waals surface area contributed by atoms with Crippen LogP contribution in [0, 0.1) is 13.8 Å². The van der Waals surface area contributed by atoms with Crippen LogP contribution in [0.3, 0.4) is 0 Å². The van der Waals surface area contributed by atoms with Crippen molar-refractivity contribution in [2.24, 2.45) is 0 Å². The molecule has 2 heterocycles. The molecule has 0 unspecified atom stereocenters. The number of nitrogens with zero attached hydrogens (tertiary/aromatic N) is 1. The fourth-order valence-electron chi connectivity index (χ4n) is 4.99. The minimum absolute atomic E-state index is 0.0763. The molecule has 2 atom stereocenters. The Bertz CT molecular complexity index is 1280. The van der Waals surface area contributed by atoms with E-state index in [1.54, 1.807) is 28.9 Å². The Morgan fingerprint density at radius 2 is 1.83 bits per heavy atom. The van der Waals surface area contributed by atoms with E-state index in [2.05, 4.69) is 18.2 Å². The Morgan fingerprint density at radius 1 is 1.14 bits per heavy atom. The Kier molecular flexibility index (Phi) is 7.61. The molecule has 3 aromatic rings. The monoisotopic (exact) mass is 514 g/mol. The first kappa shape index (κ1) is 25.4. The Hall–Kier alpha value is -2.72. The number of thiophene rings is 1. The molecule has 0 aliphatic carbocycles. The van der Waals surface area contributed by atoms with Gasteiger partial charge in [-0.2, -0.15) is 4.31 Å². The predicted molar refractivity (Wildman–Crippen MR) is 136 cm³/mol. The lowest BCUT2D eigenvalue weighted by Gasteiger charge is -2.33. The summed E-state index contributed by atoms with van der Waals surface area (Å²) in [7, 11) is -2.52. The van der Waals surface area contributed by atoms with Gasteiger partial charge in [0.05, 0.1) is 12.0 Å². The fourth-order valence-corrected chi connectivity index (χ4v) is 7.55. The third-order valence-electron chi connectivity index (χ3n) is 6.50. The summed E-state index contributed by atoms with van der Waals surface area (Å²) in [5, 5.41) is 11.6. The first-order valence-electron chi connectivity index (χ1n) is 11.5. The molecule has 0 radical (unpaired) electrons. The van der Waals surface area contributed by atoms with Crippen LogP contribution in [0.15, 0.2) is 58.8 Å². The first-order chi connectivity index (χ1) is 16.7. The third-order valence-corrected chi connectivity index (χ3v) is 9.39. The van der Waals surface area contributed by atoms with Crippen LogP contribution in [0.1, 0.15) is 39.5 Å². The van der Waals surface area contributed by atoms with Gasteiger partial charge < -0.3 is 4.74 Å². The zero-order chi connectivity index (χ0) is 25.2. The zero-order valence-corrected chi connectivity index (χ0v) is 21.7. The highest BCUT2D eigenvalue weighted by atomic mass is 32.2. The molecule has 35 heavy (non-hydrogen) atoms. The molecule has 2 N–H and O–H groups in total. The van der Waals surface area contributed by atoms with Gasteiger partial charge in [-0.3, -0.25) is 10.0 Å². The van der Waals surface area contributed by atoms with E-state index < -0.39 is 27.9 Å². The number of methoxy groups -OCH3 is 1. The quantitative estimate of drug-likeness (QED) is 0.364. The Balaban J connectivity index is 1.75. The second kappa shape index (κ2) is 10.5. The summed E-state index contributed by atoms with van der Waals surface area (Å²) in [4.78, 5) is 14.2. The molecule has 1 aliphatic rings. The van der Waals surface area contributed by atoms with Crippen LogP contribution in [0.2, 0.25) is 0 Å². The second-order valence-electron chi connectivity index (χ2n) is 8.90. The summed E-state index contributed by atoms with van der Waals surface area (Å²) in [5.74, 6) is -0.607. The van der Waals surface area contributed by atoms with Crippen LogP contribution >= 0.6 is 11.3 Å². The van der Waals surface area contributed by atoms with Crippen molar-refractivity contribution in [2.75, 3.05) is 13.7 Å². The van der Waals surface area contributed by atoms with Gasteiger partial charge in [-0.15, -0.1) is 11.3 Å². The summed E-state index contributed by atoms with van der Waals surface area (Å²) >= 11 is 1.57. The summed E-state index contributed by atoms with van der Waals surface area (Å²) < 4.78 is 34.0. The fraction of sp³-hybridized carbons (Fsp3) is 0.346. The van der Waals surface area contributed by atoms with Gasteiger partial charge in [0.15, 0.2) is 0 Å². The summed E-state index contributed by atoms with van der Waals surface area (Å²) in [5.41, 5.74) is 6.17. The van der Waals surface area contributed by atoms with Crippen molar-refractivity contribution in [1.29, 1.82) is 0 Å². The summed E-state index contributed by atoms with van der Waals surface area (Å²) in [6.07, 6.45) is 1.73. The molecule has 1 amide bonds. The number of nitrogens with one attached hydrogen (secondary N) is 1. The zero-order valence-electron chi connectivity index (χ0n) is 20.0. The van der Waals surface area contributed by atoms with Crippen molar-refractivity contribution in [2.45, 2.75) is 50.0 Å². The Morgan fingerprint density at radius 3 is 2.46 bits per heavy atom. The molecule has 1 aromatic heterocycles. The van der Waals surface area contributed by atoms with Gasteiger partial charge in [0.1, 0.15) is 11.8 Å². The van der Waals surface area contributed by atoms with E-state index in [0.29, 0.717) is 25.0 Å². The highest BCUT2D eigenvalue weighted by Gasteiger charge is 2.44. The van der Waals surface area contributed by atoms with Gasteiger partial charge in [-0.1, -0.05) is 29.3 Å². The number of carbonyl (C=O) groups excluding carboxylic acids is 1. The molecule has 0 spiro atoms. The van der Waals surface area contributed by atoms with E-state index in [4.69, 9.17) is 4.74 Å². The van der Waals surface area contributed by atoms with Gasteiger partial charge in [-0.25, -0.2) is 13.9 Å². The molecule has 186 valence electrons. The number of ether oxygens (including phenoxy) is 1. The van der Waals surface area contributed by atoms with E-state index in [1.807, 2.05) is 25.3 Å². The van der Waals surface area contributed by atoms with E-state index in [9.17, 15) is 18.4 Å². The molecule has 0 saturated heterocycles. The molecule has 9 heteroatoms. The van der Waals surface area contributed by atoms with Crippen LogP contribution in [0.4, 0.5) is 0 Å². The Labute approximate surface area is 210 Å². The number of amides is 1. The number of rotatable bonds is 7. The van der Waals surface area contributed by atoms with Crippen molar-refractivity contribution in [3.63, 3.8) is 0 Å². The largest absolute Gasteiger partial charge is 0.497 e. The van der Waals surface area contributed by atoms with Gasteiger partial charge in [0.2, 0.25) is 10.0 Å². The molecular weight excluding hydrogens is 484 g/mol. The van der Waals surface area contributed by atoms with E-state index in [1.165, 1.54) is 23.5 Å². The first-order valence-corrected chi connectivity index (χ1v) is 13.8. The van der Waals surface area contributed by atoms with Crippen LogP contribution in [-0.2, 0) is 27.7 Å². The van der Waals surface area contributed by atoms with Crippen molar-refractivity contribution < 1.29 is 23.2 Å². The minimum atomic E-state index is -4.03. The normalized spacial score (nSPS) is 18.5. The predicted octanol–water partition coefficient (Wildman–Crippen LogP) is 4.21. The molecule has 1 aliphatic heterocycles. The number of hydrogen-bond acceptors (Lipinski definition) is 6. The smallest absolute Gasteiger partial charge is 0.262 e. The topological polar surface area (TPSA) is 95.9 Å². The maximum absolute atomic E-state index is 13.8. The second-order valence-corrected chi connectivity index (χ2v) is 11.8. The van der Waals surface area contributed by atoms with Crippen molar-refractivity contribution in [1.82, 2.24) is 9.79 Å². The van der Waals surface area contributed by atoms with Crippen molar-refractivity contribution in [3.05, 3.63) is 81.0 Å². The number of sulfonamides is 1. The molecule has 0 saturated carbocycles. The maximum atomic E-state index is 13.8. The highest BCUT2D eigenvalue weighted by molar-refractivity contribution is 7.89. The van der Waals surface area contributed by atoms with Crippen LogP contribution in [0.5, 0.6) is 5.75 Å². The standard InChI is InChI=1S/C26H30N2O5S2/c1-17-14-18(2)16-19(15-17)4-9-23-22-11-13-34-24(22)10-12-28(25(23)26(29)27-30)35(31,32)21-7-5-20(33-3)6-8-21/h5-8,11,13-16,23,25,30H,4,9-10,12H2,1-3H3,(H,27,29)/t23-,25-/m1/s1. The minimum Gasteiger partial charge on any atom is -0.497 e. The van der Waals surface area contributed by atoms with Crippen LogP contribution < -0.4 is 10.2 Å². The van der Waals surface area contributed by atoms with Crippen molar-refractivity contribution in [3.8, 4) is 5.75 Å². The average molecular weight is 515 g/mol. The number of fused-ring (bicyclic) bond motifs is 1. The number of hydrogen-bond donors (Lipinski definition) is 2. The van der Waals surface area contributed by atoms with E-state index in [-0.39, 0.29) is 11.4 Å². The number of benzene rings is 2. The molecule has 4 rings (SSSR count). The third kappa shape index (κ3) is 5.28. The molecule has 0 bridgehead atoms. The van der Waals surface area contributed by atoms with E-state index >= 15 is 0 Å². The van der Waals surface area contributed by atoms with Crippen LogP contribution in [0.25, 0.3) is 0 Å². The summed E-state index contributed by atoms with van der Waals surface area (Å²) in [6, 6.07) is 13.4. The van der Waals surface area contributed by atoms with Crippen LogP contribution in [-0.4, -0.2) is 43.5 Å².